The molecule has 2 aromatic carbocycles. The molecule has 0 fully saturated rings. The SMILES string of the molecule is CCc1ccc(CN(C)C(=O)COc2ccc(C(C)=O)cc2OC)cc1. The van der Waals surface area contributed by atoms with E-state index in [-0.39, 0.29) is 18.3 Å². The van der Waals surface area contributed by atoms with Crippen LogP contribution in [0.1, 0.15) is 35.3 Å². The highest BCUT2D eigenvalue weighted by Gasteiger charge is 2.13. The Hall–Kier alpha value is -2.82. The van der Waals surface area contributed by atoms with E-state index in [0.29, 0.717) is 23.6 Å². The fraction of sp³-hybridized carbons (Fsp3) is 0.333. The molecule has 0 aliphatic rings. The number of hydrogen-bond acceptors (Lipinski definition) is 4. The van der Waals surface area contributed by atoms with Crippen molar-refractivity contribution in [1.29, 1.82) is 0 Å². The van der Waals surface area contributed by atoms with E-state index in [4.69, 9.17) is 9.47 Å². The van der Waals surface area contributed by atoms with Gasteiger partial charge in [0.2, 0.25) is 0 Å². The van der Waals surface area contributed by atoms with Crippen LogP contribution in [0.2, 0.25) is 0 Å². The standard InChI is InChI=1S/C21H25NO4/c1-5-16-6-8-17(9-7-16)13-22(3)21(24)14-26-19-11-10-18(15(2)23)12-20(19)25-4/h6-12H,5,13-14H2,1-4H3. The fourth-order valence-electron chi connectivity index (χ4n) is 2.50. The Morgan fingerprint density at radius 3 is 2.23 bits per heavy atom. The van der Waals surface area contributed by atoms with Crippen LogP contribution in [0.4, 0.5) is 0 Å². The number of amides is 1. The summed E-state index contributed by atoms with van der Waals surface area (Å²) in [6.07, 6.45) is 0.993. The molecule has 0 unspecified atom stereocenters. The number of carbonyl (C=O) groups excluding carboxylic acids is 2. The highest BCUT2D eigenvalue weighted by Crippen LogP contribution is 2.28. The molecule has 0 saturated heterocycles. The largest absolute Gasteiger partial charge is 0.493 e. The number of ketones is 1. The molecule has 0 atom stereocenters. The Kier molecular flexibility index (Phi) is 6.78. The molecule has 26 heavy (non-hydrogen) atoms. The molecule has 0 heterocycles. The van der Waals surface area contributed by atoms with Crippen LogP contribution in [-0.4, -0.2) is 37.4 Å². The van der Waals surface area contributed by atoms with Gasteiger partial charge in [0.1, 0.15) is 0 Å². The van der Waals surface area contributed by atoms with Crippen molar-refractivity contribution in [3.05, 3.63) is 59.2 Å². The summed E-state index contributed by atoms with van der Waals surface area (Å²) >= 11 is 0. The lowest BCUT2D eigenvalue weighted by Crippen LogP contribution is -2.31. The number of Topliss-reactive ketones (excluding diaryl/α,β-unsaturated/α-hetero) is 1. The predicted molar refractivity (Wildman–Crippen MR) is 101 cm³/mol. The molecular weight excluding hydrogens is 330 g/mol. The Morgan fingerprint density at radius 2 is 1.65 bits per heavy atom. The van der Waals surface area contributed by atoms with Crippen molar-refractivity contribution < 1.29 is 19.1 Å². The molecule has 0 radical (unpaired) electrons. The van der Waals surface area contributed by atoms with Crippen LogP contribution >= 0.6 is 0 Å². The maximum Gasteiger partial charge on any atom is 0.260 e. The zero-order chi connectivity index (χ0) is 19.1. The van der Waals surface area contributed by atoms with Gasteiger partial charge >= 0.3 is 0 Å². The van der Waals surface area contributed by atoms with E-state index < -0.39 is 0 Å². The number of rotatable bonds is 8. The van der Waals surface area contributed by atoms with Crippen LogP contribution in [0.5, 0.6) is 11.5 Å². The van der Waals surface area contributed by atoms with Gasteiger partial charge in [-0.25, -0.2) is 0 Å². The number of nitrogens with zero attached hydrogens (tertiary/aromatic N) is 1. The number of ether oxygens (including phenoxy) is 2. The highest BCUT2D eigenvalue weighted by atomic mass is 16.5. The molecule has 1 amide bonds. The summed E-state index contributed by atoms with van der Waals surface area (Å²) in [4.78, 5) is 25.4. The summed E-state index contributed by atoms with van der Waals surface area (Å²) < 4.78 is 10.8. The van der Waals surface area contributed by atoms with Gasteiger partial charge in [0.05, 0.1) is 7.11 Å². The molecule has 5 nitrogen and oxygen atoms in total. The second kappa shape index (κ2) is 9.04. The molecule has 0 N–H and O–H groups in total. The Balaban J connectivity index is 1.95. The number of aryl methyl sites for hydroxylation is 1. The van der Waals surface area contributed by atoms with E-state index in [1.54, 1.807) is 30.1 Å². The van der Waals surface area contributed by atoms with Crippen molar-refractivity contribution >= 4 is 11.7 Å². The summed E-state index contributed by atoms with van der Waals surface area (Å²) in [5.74, 6) is 0.678. The summed E-state index contributed by atoms with van der Waals surface area (Å²) in [6.45, 7) is 4.02. The smallest absolute Gasteiger partial charge is 0.260 e. The minimum absolute atomic E-state index is 0.0558. The molecule has 0 aliphatic heterocycles. The summed E-state index contributed by atoms with van der Waals surface area (Å²) in [7, 11) is 3.25. The van der Waals surface area contributed by atoms with Gasteiger partial charge in [-0.1, -0.05) is 31.2 Å². The van der Waals surface area contributed by atoms with E-state index in [0.717, 1.165) is 12.0 Å². The second-order valence-electron chi connectivity index (χ2n) is 6.13. The van der Waals surface area contributed by atoms with E-state index in [1.807, 2.05) is 12.1 Å². The van der Waals surface area contributed by atoms with Gasteiger partial charge in [0.25, 0.3) is 5.91 Å². The number of benzene rings is 2. The second-order valence-corrected chi connectivity index (χ2v) is 6.13. The molecule has 2 rings (SSSR count). The Bertz CT molecular complexity index is 768. The van der Waals surface area contributed by atoms with E-state index in [2.05, 4.69) is 19.1 Å². The number of likely N-dealkylation sites (N-methyl/N-ethyl adjacent to an activating group) is 1. The molecule has 2 aromatic rings. The maximum absolute atomic E-state index is 12.3. The number of carbonyl (C=O) groups is 2. The minimum atomic E-state index is -0.137. The van der Waals surface area contributed by atoms with Crippen LogP contribution in [-0.2, 0) is 17.8 Å². The van der Waals surface area contributed by atoms with Crippen LogP contribution < -0.4 is 9.47 Å². The molecule has 0 aliphatic carbocycles. The molecule has 0 saturated carbocycles. The van der Waals surface area contributed by atoms with Gasteiger partial charge in [0.15, 0.2) is 23.9 Å². The molecule has 0 aromatic heterocycles. The van der Waals surface area contributed by atoms with Gasteiger partial charge in [-0.15, -0.1) is 0 Å². The lowest BCUT2D eigenvalue weighted by Gasteiger charge is -2.18. The first kappa shape index (κ1) is 19.5. The van der Waals surface area contributed by atoms with Crippen molar-refractivity contribution in [1.82, 2.24) is 4.90 Å². The van der Waals surface area contributed by atoms with Crippen LogP contribution in [0.25, 0.3) is 0 Å². The Morgan fingerprint density at radius 1 is 1.00 bits per heavy atom. The zero-order valence-electron chi connectivity index (χ0n) is 15.7. The van der Waals surface area contributed by atoms with Crippen LogP contribution in [0, 0.1) is 0 Å². The van der Waals surface area contributed by atoms with Crippen molar-refractivity contribution in [2.75, 3.05) is 20.8 Å². The van der Waals surface area contributed by atoms with Gasteiger partial charge in [0, 0.05) is 19.2 Å². The Labute approximate surface area is 154 Å². The summed E-state index contributed by atoms with van der Waals surface area (Å²) in [5.41, 5.74) is 2.88. The quantitative estimate of drug-likeness (QED) is 0.680. The van der Waals surface area contributed by atoms with E-state index in [9.17, 15) is 9.59 Å². The van der Waals surface area contributed by atoms with Crippen molar-refractivity contribution in [3.63, 3.8) is 0 Å². The molecule has 0 bridgehead atoms. The van der Waals surface area contributed by atoms with Crippen molar-refractivity contribution in [2.45, 2.75) is 26.8 Å². The number of hydrogen-bond donors (Lipinski definition) is 0. The van der Waals surface area contributed by atoms with Gasteiger partial charge < -0.3 is 14.4 Å². The van der Waals surface area contributed by atoms with Crippen molar-refractivity contribution in [2.24, 2.45) is 0 Å². The molecule has 0 spiro atoms. The first-order valence-corrected chi connectivity index (χ1v) is 8.58. The van der Waals surface area contributed by atoms with Crippen LogP contribution in [0.3, 0.4) is 0 Å². The monoisotopic (exact) mass is 355 g/mol. The molecule has 138 valence electrons. The molecular formula is C21H25NO4. The average molecular weight is 355 g/mol. The third-order valence-corrected chi connectivity index (χ3v) is 4.20. The van der Waals surface area contributed by atoms with Gasteiger partial charge in [-0.2, -0.15) is 0 Å². The first-order chi connectivity index (χ1) is 12.4. The highest BCUT2D eigenvalue weighted by molar-refractivity contribution is 5.94. The van der Waals surface area contributed by atoms with Crippen molar-refractivity contribution in [3.8, 4) is 11.5 Å². The van der Waals surface area contributed by atoms with Gasteiger partial charge in [-0.05, 0) is 42.7 Å². The lowest BCUT2D eigenvalue weighted by atomic mass is 10.1. The topological polar surface area (TPSA) is 55.8 Å². The molecule has 5 heteroatoms. The minimum Gasteiger partial charge on any atom is -0.493 e. The fourth-order valence-corrected chi connectivity index (χ4v) is 2.50. The maximum atomic E-state index is 12.3. The summed E-state index contributed by atoms with van der Waals surface area (Å²) in [5, 5.41) is 0. The van der Waals surface area contributed by atoms with Crippen LogP contribution in [0.15, 0.2) is 42.5 Å². The first-order valence-electron chi connectivity index (χ1n) is 8.58. The third kappa shape index (κ3) is 5.09. The lowest BCUT2D eigenvalue weighted by molar-refractivity contribution is -0.132. The van der Waals surface area contributed by atoms with E-state index >= 15 is 0 Å². The van der Waals surface area contributed by atoms with Gasteiger partial charge in [-0.3, -0.25) is 9.59 Å². The zero-order valence-corrected chi connectivity index (χ0v) is 15.7. The number of methoxy groups -OCH3 is 1. The van der Waals surface area contributed by atoms with E-state index in [1.165, 1.54) is 19.6 Å². The normalized spacial score (nSPS) is 10.3. The average Bonchev–Trinajstić information content (AvgIpc) is 2.66. The third-order valence-electron chi connectivity index (χ3n) is 4.20. The summed E-state index contributed by atoms with van der Waals surface area (Å²) in [6, 6.07) is 13.1. The predicted octanol–water partition coefficient (Wildman–Crippen LogP) is 3.50.